The van der Waals surface area contributed by atoms with Crippen molar-refractivity contribution in [1.82, 2.24) is 24.1 Å². The minimum Gasteiger partial charge on any atom is -0.295 e. The largest absolute Gasteiger partial charge is 0.295 e. The Hall–Kier alpha value is -6.33. The molecule has 0 saturated heterocycles. The van der Waals surface area contributed by atoms with Crippen LogP contribution in [0.2, 0.25) is 0 Å². The van der Waals surface area contributed by atoms with Gasteiger partial charge in [0, 0.05) is 44.2 Å². The average molecular weight is 590 g/mol. The third-order valence-electron chi connectivity index (χ3n) is 8.57. The molecule has 9 aromatic rings. The predicted octanol–water partition coefficient (Wildman–Crippen LogP) is 9.91. The molecule has 5 nitrogen and oxygen atoms in total. The molecule has 6 aromatic carbocycles. The quantitative estimate of drug-likeness (QED) is 0.201. The Morgan fingerprint density at radius 2 is 0.696 bits per heavy atom. The number of aromatic nitrogens is 5. The topological polar surface area (TPSA) is 48.5 Å². The molecule has 0 aliphatic carbocycles. The van der Waals surface area contributed by atoms with Crippen molar-refractivity contribution in [2.24, 2.45) is 0 Å². The molecule has 0 N–H and O–H groups in total. The first kappa shape index (κ1) is 26.1. The maximum Gasteiger partial charge on any atom is 0.164 e. The minimum atomic E-state index is 0.639. The number of fused-ring (bicyclic) bond motifs is 5. The summed E-state index contributed by atoms with van der Waals surface area (Å²) >= 11 is 0. The molecule has 9 rings (SSSR count). The first-order valence-corrected chi connectivity index (χ1v) is 15.4. The van der Waals surface area contributed by atoms with Gasteiger partial charge in [-0.1, -0.05) is 115 Å². The van der Waals surface area contributed by atoms with E-state index < -0.39 is 0 Å². The summed E-state index contributed by atoms with van der Waals surface area (Å²) in [6, 6.07) is 56.7. The summed E-state index contributed by atoms with van der Waals surface area (Å²) in [4.78, 5) is 14.7. The van der Waals surface area contributed by atoms with Gasteiger partial charge in [-0.25, -0.2) is 15.0 Å². The first-order valence-electron chi connectivity index (χ1n) is 15.4. The van der Waals surface area contributed by atoms with E-state index in [1.165, 1.54) is 21.7 Å². The monoisotopic (exact) mass is 589 g/mol. The molecule has 3 aromatic heterocycles. The van der Waals surface area contributed by atoms with Gasteiger partial charge in [0.2, 0.25) is 0 Å². The van der Waals surface area contributed by atoms with Crippen LogP contribution in [0.15, 0.2) is 164 Å². The lowest BCUT2D eigenvalue weighted by molar-refractivity contribution is 1.06. The van der Waals surface area contributed by atoms with Crippen LogP contribution in [0.1, 0.15) is 0 Å². The maximum absolute atomic E-state index is 4.94. The maximum atomic E-state index is 4.94. The van der Waals surface area contributed by atoms with E-state index in [1.54, 1.807) is 0 Å². The molecule has 0 spiro atoms. The molecular weight excluding hydrogens is 562 g/mol. The zero-order valence-electron chi connectivity index (χ0n) is 24.8. The van der Waals surface area contributed by atoms with Crippen LogP contribution in [0, 0.1) is 0 Å². The molecule has 0 atom stereocenters. The summed E-state index contributed by atoms with van der Waals surface area (Å²) in [6.07, 6.45) is 0. The molecule has 0 aliphatic rings. The van der Waals surface area contributed by atoms with E-state index in [1.807, 2.05) is 60.7 Å². The van der Waals surface area contributed by atoms with Gasteiger partial charge in [-0.05, 0) is 48.5 Å². The Morgan fingerprint density at radius 1 is 0.326 bits per heavy atom. The first-order chi connectivity index (χ1) is 22.8. The summed E-state index contributed by atoms with van der Waals surface area (Å²) in [5.41, 5.74) is 8.51. The summed E-state index contributed by atoms with van der Waals surface area (Å²) in [6.45, 7) is 0. The van der Waals surface area contributed by atoms with E-state index in [0.29, 0.717) is 17.5 Å². The molecule has 5 heteroatoms. The van der Waals surface area contributed by atoms with Gasteiger partial charge >= 0.3 is 0 Å². The summed E-state index contributed by atoms with van der Waals surface area (Å²) < 4.78 is 4.75. The predicted molar refractivity (Wildman–Crippen MR) is 187 cm³/mol. The molecule has 0 aliphatic heterocycles. The van der Waals surface area contributed by atoms with Crippen molar-refractivity contribution in [2.45, 2.75) is 0 Å². The molecule has 3 heterocycles. The second kappa shape index (κ2) is 10.7. The van der Waals surface area contributed by atoms with Gasteiger partial charge in [0.25, 0.3) is 0 Å². The van der Waals surface area contributed by atoms with E-state index in [-0.39, 0.29) is 0 Å². The van der Waals surface area contributed by atoms with Crippen molar-refractivity contribution in [3.05, 3.63) is 164 Å². The third-order valence-corrected chi connectivity index (χ3v) is 8.57. The number of hydrogen-bond acceptors (Lipinski definition) is 3. The third kappa shape index (κ3) is 4.21. The normalized spacial score (nSPS) is 11.5. The van der Waals surface area contributed by atoms with Crippen LogP contribution < -0.4 is 0 Å². The van der Waals surface area contributed by atoms with Crippen molar-refractivity contribution in [3.8, 4) is 45.5 Å². The Morgan fingerprint density at radius 3 is 1.17 bits per heavy atom. The highest BCUT2D eigenvalue weighted by Crippen LogP contribution is 2.40. The Labute approximate surface area is 265 Å². The standard InChI is InChI=1S/C41H27N5/c1-4-14-28(15-5-1)38-42-39(29-16-6-2-7-17-29)44-40(43-38)30-24-26-32(27-25-30)46-36-23-13-11-21-34(36)37-33-20-10-12-22-35(33)45(41(37)46)31-18-8-3-9-19-31/h1-27H. The second-order valence-corrected chi connectivity index (χ2v) is 11.3. The van der Waals surface area contributed by atoms with Crippen LogP contribution >= 0.6 is 0 Å². The smallest absolute Gasteiger partial charge is 0.164 e. The molecular formula is C41H27N5. The highest BCUT2D eigenvalue weighted by molar-refractivity contribution is 6.22. The van der Waals surface area contributed by atoms with Crippen molar-refractivity contribution >= 4 is 32.8 Å². The summed E-state index contributed by atoms with van der Waals surface area (Å²) in [5.74, 6) is 1.94. The fraction of sp³-hybridized carbons (Fsp3) is 0. The molecule has 46 heavy (non-hydrogen) atoms. The van der Waals surface area contributed by atoms with E-state index in [2.05, 4.69) is 112 Å². The lowest BCUT2D eigenvalue weighted by Crippen LogP contribution is -2.02. The van der Waals surface area contributed by atoms with E-state index >= 15 is 0 Å². The van der Waals surface area contributed by atoms with Crippen LogP contribution in [-0.2, 0) is 0 Å². The van der Waals surface area contributed by atoms with Gasteiger partial charge in [0.1, 0.15) is 5.65 Å². The number of rotatable bonds is 5. The van der Waals surface area contributed by atoms with Gasteiger partial charge in [0.05, 0.1) is 11.0 Å². The molecule has 0 unspecified atom stereocenters. The molecule has 0 saturated carbocycles. The minimum absolute atomic E-state index is 0.639. The Bertz CT molecular complexity index is 2440. The second-order valence-electron chi connectivity index (χ2n) is 11.3. The van der Waals surface area contributed by atoms with Crippen LogP contribution in [-0.4, -0.2) is 24.1 Å². The average Bonchev–Trinajstić information content (AvgIpc) is 3.65. The van der Waals surface area contributed by atoms with E-state index in [9.17, 15) is 0 Å². The van der Waals surface area contributed by atoms with Crippen LogP contribution in [0.3, 0.4) is 0 Å². The van der Waals surface area contributed by atoms with Gasteiger partial charge in [-0.15, -0.1) is 0 Å². The van der Waals surface area contributed by atoms with Crippen LogP contribution in [0.25, 0.3) is 78.4 Å². The number of benzene rings is 6. The zero-order valence-corrected chi connectivity index (χ0v) is 24.8. The fourth-order valence-electron chi connectivity index (χ4n) is 6.49. The fourth-order valence-corrected chi connectivity index (χ4v) is 6.49. The zero-order chi connectivity index (χ0) is 30.5. The Kier molecular flexibility index (Phi) is 6.06. The van der Waals surface area contributed by atoms with Gasteiger partial charge in [-0.2, -0.15) is 0 Å². The Balaban J connectivity index is 1.25. The molecule has 0 radical (unpaired) electrons. The number of hydrogen-bond donors (Lipinski definition) is 0. The SMILES string of the molecule is c1ccc(-c2nc(-c3ccccc3)nc(-c3ccc(-n4c5ccccc5c5c6ccccc6n(-c6ccccc6)c54)cc3)n2)cc1. The van der Waals surface area contributed by atoms with Crippen molar-refractivity contribution < 1.29 is 0 Å². The van der Waals surface area contributed by atoms with Gasteiger partial charge in [0.15, 0.2) is 17.5 Å². The van der Waals surface area contributed by atoms with Crippen LogP contribution in [0.4, 0.5) is 0 Å². The molecule has 0 fully saturated rings. The van der Waals surface area contributed by atoms with Crippen molar-refractivity contribution in [2.75, 3.05) is 0 Å². The van der Waals surface area contributed by atoms with Gasteiger partial charge in [-0.3, -0.25) is 9.13 Å². The lowest BCUT2D eigenvalue weighted by atomic mass is 10.1. The molecule has 0 amide bonds. The number of para-hydroxylation sites is 3. The molecule has 0 bridgehead atoms. The summed E-state index contributed by atoms with van der Waals surface area (Å²) in [7, 11) is 0. The van der Waals surface area contributed by atoms with E-state index in [0.717, 1.165) is 39.2 Å². The summed E-state index contributed by atoms with van der Waals surface area (Å²) in [5, 5.41) is 3.71. The lowest BCUT2D eigenvalue weighted by Gasteiger charge is -2.13. The van der Waals surface area contributed by atoms with E-state index in [4.69, 9.17) is 15.0 Å². The van der Waals surface area contributed by atoms with Gasteiger partial charge < -0.3 is 0 Å². The highest BCUT2D eigenvalue weighted by Gasteiger charge is 2.22. The van der Waals surface area contributed by atoms with Crippen LogP contribution in [0.5, 0.6) is 0 Å². The van der Waals surface area contributed by atoms with Crippen molar-refractivity contribution in [3.63, 3.8) is 0 Å². The highest BCUT2D eigenvalue weighted by atomic mass is 15.1. The molecule has 216 valence electrons. The number of nitrogens with zero attached hydrogens (tertiary/aromatic N) is 5. The van der Waals surface area contributed by atoms with Crippen molar-refractivity contribution in [1.29, 1.82) is 0 Å².